The average Bonchev–Trinajstić information content (AvgIpc) is 2.87. The first-order chi connectivity index (χ1) is 10.8. The largest absolute Gasteiger partial charge is 0.354 e. The summed E-state index contributed by atoms with van der Waals surface area (Å²) in [5.74, 6) is 1.76. The van der Waals surface area contributed by atoms with E-state index in [2.05, 4.69) is 25.5 Å². The molecule has 0 radical (unpaired) electrons. The van der Waals surface area contributed by atoms with Crippen LogP contribution in [0.5, 0.6) is 0 Å². The quantitative estimate of drug-likeness (QED) is 0.910. The molecule has 7 heteroatoms. The van der Waals surface area contributed by atoms with Gasteiger partial charge >= 0.3 is 0 Å². The van der Waals surface area contributed by atoms with Crippen LogP contribution >= 0.6 is 0 Å². The second-order valence-electron chi connectivity index (χ2n) is 7.23. The summed E-state index contributed by atoms with van der Waals surface area (Å²) in [6, 6.07) is 3.87. The Bertz CT molecular complexity index is 717. The Kier molecular flexibility index (Phi) is 3.95. The predicted molar refractivity (Wildman–Crippen MR) is 88.4 cm³/mol. The summed E-state index contributed by atoms with van der Waals surface area (Å²) >= 11 is 0. The second-order valence-corrected chi connectivity index (χ2v) is 7.23. The highest BCUT2D eigenvalue weighted by Gasteiger charge is 2.28. The number of aryl methyl sites for hydroxylation is 1. The molecule has 1 amide bonds. The zero-order valence-corrected chi connectivity index (χ0v) is 14.2. The molecule has 0 spiro atoms. The van der Waals surface area contributed by atoms with E-state index in [0.29, 0.717) is 6.54 Å². The number of nitrogens with zero attached hydrogens (tertiary/aromatic N) is 5. The molecule has 2 aromatic rings. The van der Waals surface area contributed by atoms with E-state index in [1.807, 2.05) is 39.8 Å². The molecule has 1 saturated heterocycles. The highest BCUT2D eigenvalue weighted by molar-refractivity contribution is 5.80. The van der Waals surface area contributed by atoms with Gasteiger partial charge in [-0.1, -0.05) is 0 Å². The Morgan fingerprint density at radius 3 is 2.83 bits per heavy atom. The van der Waals surface area contributed by atoms with Crippen molar-refractivity contribution >= 4 is 17.4 Å². The summed E-state index contributed by atoms with van der Waals surface area (Å²) in [6.45, 7) is 9.52. The molecule has 23 heavy (non-hydrogen) atoms. The van der Waals surface area contributed by atoms with Crippen molar-refractivity contribution in [3.8, 4) is 0 Å². The number of hydrogen-bond acceptors (Lipinski definition) is 5. The number of hydrogen-bond donors (Lipinski definition) is 1. The zero-order valence-electron chi connectivity index (χ0n) is 14.2. The normalized spacial score (nSPS) is 19.1. The number of carbonyl (C=O) groups excluding carboxylic acids is 1. The first kappa shape index (κ1) is 15.7. The number of aromatic nitrogens is 4. The predicted octanol–water partition coefficient (Wildman–Crippen LogP) is 1.56. The third kappa shape index (κ3) is 3.43. The van der Waals surface area contributed by atoms with Crippen molar-refractivity contribution in [2.24, 2.45) is 5.92 Å². The molecule has 0 saturated carbocycles. The van der Waals surface area contributed by atoms with E-state index in [4.69, 9.17) is 0 Å². The van der Waals surface area contributed by atoms with Crippen molar-refractivity contribution < 1.29 is 4.79 Å². The van der Waals surface area contributed by atoms with Crippen molar-refractivity contribution in [3.63, 3.8) is 0 Å². The van der Waals surface area contributed by atoms with Crippen molar-refractivity contribution in [1.82, 2.24) is 25.1 Å². The Morgan fingerprint density at radius 2 is 2.09 bits per heavy atom. The molecule has 3 heterocycles. The third-order valence-electron chi connectivity index (χ3n) is 4.02. The Labute approximate surface area is 136 Å². The lowest BCUT2D eigenvalue weighted by Gasteiger charge is -2.34. The van der Waals surface area contributed by atoms with Crippen molar-refractivity contribution in [1.29, 1.82) is 0 Å². The monoisotopic (exact) mass is 316 g/mol. The summed E-state index contributed by atoms with van der Waals surface area (Å²) in [5, 5.41) is 15.8. The van der Waals surface area contributed by atoms with Crippen LogP contribution in [0, 0.1) is 12.8 Å². The van der Waals surface area contributed by atoms with Gasteiger partial charge in [0.15, 0.2) is 11.5 Å². The average molecular weight is 316 g/mol. The van der Waals surface area contributed by atoms with E-state index >= 15 is 0 Å². The summed E-state index contributed by atoms with van der Waals surface area (Å²) in [6.07, 6.45) is 1.91. The molecule has 1 fully saturated rings. The Balaban J connectivity index is 1.77. The molecule has 1 atom stereocenters. The molecule has 7 nitrogen and oxygen atoms in total. The minimum Gasteiger partial charge on any atom is -0.354 e. The Morgan fingerprint density at radius 1 is 1.30 bits per heavy atom. The SMILES string of the molecule is Cc1nnc2ccc(N3CCCC(C(=O)NC(C)(C)C)C3)nn12. The van der Waals surface area contributed by atoms with Crippen LogP contribution in [0.15, 0.2) is 12.1 Å². The van der Waals surface area contributed by atoms with Gasteiger partial charge < -0.3 is 10.2 Å². The standard InChI is InChI=1S/C16H24N6O/c1-11-18-19-13-7-8-14(20-22(11)13)21-9-5-6-12(10-21)15(23)17-16(2,3)4/h7-8,12H,5-6,9-10H2,1-4H3,(H,17,23). The molecule has 0 aromatic carbocycles. The van der Waals surface area contributed by atoms with Crippen LogP contribution in [0.4, 0.5) is 5.82 Å². The number of rotatable bonds is 2. The molecule has 1 aliphatic heterocycles. The van der Waals surface area contributed by atoms with Crippen LogP contribution in [-0.2, 0) is 4.79 Å². The highest BCUT2D eigenvalue weighted by Crippen LogP contribution is 2.22. The summed E-state index contributed by atoms with van der Waals surface area (Å²) in [4.78, 5) is 14.6. The van der Waals surface area contributed by atoms with Crippen LogP contribution in [0.3, 0.4) is 0 Å². The third-order valence-corrected chi connectivity index (χ3v) is 4.02. The van der Waals surface area contributed by atoms with Gasteiger partial charge in [-0.25, -0.2) is 0 Å². The first-order valence-corrected chi connectivity index (χ1v) is 8.09. The maximum atomic E-state index is 12.4. The van der Waals surface area contributed by atoms with Crippen molar-refractivity contribution in [2.45, 2.75) is 46.1 Å². The fourth-order valence-corrected chi connectivity index (χ4v) is 2.93. The second kappa shape index (κ2) is 5.79. The number of fused-ring (bicyclic) bond motifs is 1. The van der Waals surface area contributed by atoms with E-state index in [9.17, 15) is 4.79 Å². The molecule has 124 valence electrons. The molecule has 1 aliphatic rings. The van der Waals surface area contributed by atoms with Gasteiger partial charge in [0.1, 0.15) is 5.82 Å². The molecule has 0 aliphatic carbocycles. The number of anilines is 1. The number of amides is 1. The maximum Gasteiger partial charge on any atom is 0.225 e. The van der Waals surface area contributed by atoms with Gasteiger partial charge in [-0.15, -0.1) is 15.3 Å². The zero-order chi connectivity index (χ0) is 16.6. The van der Waals surface area contributed by atoms with Crippen LogP contribution in [0.1, 0.15) is 39.4 Å². The minimum absolute atomic E-state index is 0.00230. The van der Waals surface area contributed by atoms with Gasteiger partial charge in [0.2, 0.25) is 5.91 Å². The van der Waals surface area contributed by atoms with E-state index in [-0.39, 0.29) is 17.4 Å². The van der Waals surface area contributed by atoms with E-state index in [1.165, 1.54) is 0 Å². The van der Waals surface area contributed by atoms with E-state index < -0.39 is 0 Å². The summed E-state index contributed by atoms with van der Waals surface area (Å²) in [5.41, 5.74) is 0.543. The van der Waals surface area contributed by atoms with Crippen LogP contribution < -0.4 is 10.2 Å². The lowest BCUT2D eigenvalue weighted by molar-refractivity contribution is -0.126. The lowest BCUT2D eigenvalue weighted by Crippen LogP contribution is -2.48. The topological polar surface area (TPSA) is 75.4 Å². The van der Waals surface area contributed by atoms with Crippen LogP contribution in [-0.4, -0.2) is 44.3 Å². The minimum atomic E-state index is -0.198. The van der Waals surface area contributed by atoms with Crippen molar-refractivity contribution in [2.75, 3.05) is 18.0 Å². The van der Waals surface area contributed by atoms with Gasteiger partial charge in [0.05, 0.1) is 5.92 Å². The van der Waals surface area contributed by atoms with Gasteiger partial charge in [-0.3, -0.25) is 4.79 Å². The van der Waals surface area contributed by atoms with Crippen LogP contribution in [0.25, 0.3) is 5.65 Å². The molecule has 1 unspecified atom stereocenters. The molecule has 3 rings (SSSR count). The number of piperidine rings is 1. The fourth-order valence-electron chi connectivity index (χ4n) is 2.93. The smallest absolute Gasteiger partial charge is 0.225 e. The number of nitrogens with one attached hydrogen (secondary N) is 1. The molecule has 0 bridgehead atoms. The fraction of sp³-hybridized carbons (Fsp3) is 0.625. The first-order valence-electron chi connectivity index (χ1n) is 8.09. The van der Waals surface area contributed by atoms with E-state index in [1.54, 1.807) is 4.52 Å². The highest BCUT2D eigenvalue weighted by atomic mass is 16.2. The van der Waals surface area contributed by atoms with Crippen molar-refractivity contribution in [3.05, 3.63) is 18.0 Å². The molecule has 1 N–H and O–H groups in total. The summed E-state index contributed by atoms with van der Waals surface area (Å²) < 4.78 is 1.74. The Hall–Kier alpha value is -2.18. The van der Waals surface area contributed by atoms with Gasteiger partial charge in [-0.05, 0) is 52.7 Å². The van der Waals surface area contributed by atoms with Crippen LogP contribution in [0.2, 0.25) is 0 Å². The molecular weight excluding hydrogens is 292 g/mol. The summed E-state index contributed by atoms with van der Waals surface area (Å²) in [7, 11) is 0. The molecular formula is C16H24N6O. The van der Waals surface area contributed by atoms with Gasteiger partial charge in [0, 0.05) is 18.6 Å². The maximum absolute atomic E-state index is 12.4. The van der Waals surface area contributed by atoms with Gasteiger partial charge in [0.25, 0.3) is 0 Å². The van der Waals surface area contributed by atoms with E-state index in [0.717, 1.165) is 36.7 Å². The molecule has 2 aromatic heterocycles. The van der Waals surface area contributed by atoms with Gasteiger partial charge in [-0.2, -0.15) is 4.52 Å². The number of carbonyl (C=O) groups is 1. The lowest BCUT2D eigenvalue weighted by atomic mass is 9.95.